The van der Waals surface area contributed by atoms with Crippen molar-refractivity contribution < 1.29 is 4.74 Å². The molecule has 9 heteroatoms. The van der Waals surface area contributed by atoms with Gasteiger partial charge in [-0.2, -0.15) is 4.68 Å². The maximum atomic E-state index is 13.3. The van der Waals surface area contributed by atoms with E-state index in [1.54, 1.807) is 4.68 Å². The third kappa shape index (κ3) is 4.41. The molecule has 1 atom stereocenters. The molecule has 0 aliphatic rings. The minimum absolute atomic E-state index is 0.166. The Labute approximate surface area is 184 Å². The summed E-state index contributed by atoms with van der Waals surface area (Å²) >= 11 is 1.52. The molecular formula is C22H24N6O2S. The van der Waals surface area contributed by atoms with Gasteiger partial charge in [0, 0.05) is 12.3 Å². The summed E-state index contributed by atoms with van der Waals surface area (Å²) in [6.45, 7) is 4.58. The first-order chi connectivity index (χ1) is 15.1. The highest BCUT2D eigenvalue weighted by Crippen LogP contribution is 2.25. The van der Waals surface area contributed by atoms with Gasteiger partial charge in [-0.3, -0.25) is 9.48 Å². The van der Waals surface area contributed by atoms with Gasteiger partial charge in [0.1, 0.15) is 5.75 Å². The van der Waals surface area contributed by atoms with E-state index in [-0.39, 0.29) is 10.8 Å². The third-order valence-corrected chi connectivity index (χ3v) is 6.12. The average molecular weight is 437 g/mol. The van der Waals surface area contributed by atoms with Gasteiger partial charge in [-0.15, -0.1) is 5.10 Å². The van der Waals surface area contributed by atoms with E-state index in [1.165, 1.54) is 16.4 Å². The summed E-state index contributed by atoms with van der Waals surface area (Å²) in [5.74, 6) is 0.853. The van der Waals surface area contributed by atoms with Crippen molar-refractivity contribution >= 4 is 11.8 Å². The van der Waals surface area contributed by atoms with Crippen molar-refractivity contribution in [2.45, 2.75) is 30.7 Å². The molecule has 0 saturated carbocycles. The van der Waals surface area contributed by atoms with Crippen molar-refractivity contribution in [3.05, 3.63) is 76.7 Å². The number of aromatic nitrogens is 6. The fourth-order valence-electron chi connectivity index (χ4n) is 3.29. The lowest BCUT2D eigenvalue weighted by Crippen LogP contribution is -2.22. The molecule has 160 valence electrons. The quantitative estimate of drug-likeness (QED) is 0.394. The first-order valence-corrected chi connectivity index (χ1v) is 10.9. The summed E-state index contributed by atoms with van der Waals surface area (Å²) in [6, 6.07) is 19.3. The lowest BCUT2D eigenvalue weighted by Gasteiger charge is -2.11. The zero-order valence-corrected chi connectivity index (χ0v) is 18.5. The number of hydrogen-bond donors (Lipinski definition) is 0. The van der Waals surface area contributed by atoms with E-state index < -0.39 is 0 Å². The Hall–Kier alpha value is -3.33. The molecule has 0 amide bonds. The van der Waals surface area contributed by atoms with Crippen molar-refractivity contribution in [2.75, 3.05) is 6.61 Å². The Morgan fingerprint density at radius 3 is 2.45 bits per heavy atom. The molecule has 0 radical (unpaired) electrons. The van der Waals surface area contributed by atoms with Crippen LogP contribution in [0.2, 0.25) is 0 Å². The summed E-state index contributed by atoms with van der Waals surface area (Å²) in [6.07, 6.45) is 0.814. The minimum Gasteiger partial charge on any atom is -0.494 e. The van der Waals surface area contributed by atoms with E-state index in [4.69, 9.17) is 4.74 Å². The fraction of sp³-hybridized carbons (Fsp3) is 0.273. The van der Waals surface area contributed by atoms with Crippen molar-refractivity contribution in [3.63, 3.8) is 0 Å². The zero-order chi connectivity index (χ0) is 21.8. The zero-order valence-electron chi connectivity index (χ0n) is 17.7. The topological polar surface area (TPSA) is 79.8 Å². The molecule has 0 spiro atoms. The van der Waals surface area contributed by atoms with Crippen LogP contribution in [0.1, 0.15) is 19.0 Å². The Morgan fingerprint density at radius 1 is 1.06 bits per heavy atom. The molecule has 0 bridgehead atoms. The number of nitrogens with zero attached hydrogens (tertiary/aromatic N) is 6. The van der Waals surface area contributed by atoms with Crippen LogP contribution in [0, 0.1) is 6.92 Å². The van der Waals surface area contributed by atoms with E-state index in [2.05, 4.69) is 22.4 Å². The Kier molecular flexibility index (Phi) is 6.22. The summed E-state index contributed by atoms with van der Waals surface area (Å²) in [5.41, 5.74) is 1.85. The third-order valence-electron chi connectivity index (χ3n) is 5.02. The maximum Gasteiger partial charge on any atom is 0.297 e. The van der Waals surface area contributed by atoms with Crippen LogP contribution >= 0.6 is 11.8 Å². The molecular weight excluding hydrogens is 412 g/mol. The van der Waals surface area contributed by atoms with Gasteiger partial charge in [-0.05, 0) is 48.0 Å². The first-order valence-electron chi connectivity index (χ1n) is 10.0. The van der Waals surface area contributed by atoms with Gasteiger partial charge in [0.15, 0.2) is 5.69 Å². The van der Waals surface area contributed by atoms with Crippen molar-refractivity contribution in [2.24, 2.45) is 7.05 Å². The number of thioether (sulfide) groups is 1. The minimum atomic E-state index is -0.166. The Bertz CT molecular complexity index is 1200. The Balaban J connectivity index is 1.53. The predicted octanol–water partition coefficient (Wildman–Crippen LogP) is 3.41. The fourth-order valence-corrected chi connectivity index (χ4v) is 4.17. The van der Waals surface area contributed by atoms with Gasteiger partial charge < -0.3 is 4.74 Å². The normalized spacial score (nSPS) is 12.1. The van der Waals surface area contributed by atoms with Crippen LogP contribution in [0.4, 0.5) is 0 Å². The first kappa shape index (κ1) is 20.9. The average Bonchev–Trinajstić information content (AvgIpc) is 3.31. The van der Waals surface area contributed by atoms with E-state index in [0.717, 1.165) is 23.6 Å². The largest absolute Gasteiger partial charge is 0.494 e. The van der Waals surface area contributed by atoms with Crippen molar-refractivity contribution in [1.82, 2.24) is 29.6 Å². The van der Waals surface area contributed by atoms with Gasteiger partial charge in [-0.1, -0.05) is 55.1 Å². The number of tetrazole rings is 1. The molecule has 0 fully saturated rings. The van der Waals surface area contributed by atoms with E-state index in [1.807, 2.05) is 79.3 Å². The molecule has 0 N–H and O–H groups in total. The van der Waals surface area contributed by atoms with E-state index >= 15 is 0 Å². The van der Waals surface area contributed by atoms with Gasteiger partial charge in [0.25, 0.3) is 5.56 Å². The van der Waals surface area contributed by atoms with Gasteiger partial charge in [0.2, 0.25) is 5.16 Å². The van der Waals surface area contributed by atoms with Gasteiger partial charge in [0.05, 0.1) is 18.0 Å². The molecule has 2 aromatic carbocycles. The summed E-state index contributed by atoms with van der Waals surface area (Å²) < 4.78 is 10.8. The van der Waals surface area contributed by atoms with Crippen LogP contribution in [0.25, 0.3) is 11.4 Å². The number of hydrogen-bond acceptors (Lipinski definition) is 6. The maximum absolute atomic E-state index is 13.3. The molecule has 4 aromatic rings. The molecule has 2 heterocycles. The number of para-hydroxylation sites is 2. The second-order valence-corrected chi connectivity index (χ2v) is 8.57. The molecule has 0 saturated heterocycles. The second kappa shape index (κ2) is 9.22. The molecule has 4 rings (SSSR count). The van der Waals surface area contributed by atoms with Crippen LogP contribution in [-0.2, 0) is 7.05 Å². The highest BCUT2D eigenvalue weighted by Gasteiger charge is 2.22. The lowest BCUT2D eigenvalue weighted by molar-refractivity contribution is 0.311. The molecule has 0 aliphatic heterocycles. The lowest BCUT2D eigenvalue weighted by atomic mass is 10.3. The second-order valence-electron chi connectivity index (χ2n) is 7.16. The molecule has 8 nitrogen and oxygen atoms in total. The predicted molar refractivity (Wildman–Crippen MR) is 120 cm³/mol. The number of benzene rings is 2. The summed E-state index contributed by atoms with van der Waals surface area (Å²) in [4.78, 5) is 13.3. The molecule has 2 aromatic heterocycles. The van der Waals surface area contributed by atoms with Gasteiger partial charge in [-0.25, -0.2) is 4.68 Å². The van der Waals surface area contributed by atoms with Crippen LogP contribution in [0.5, 0.6) is 5.75 Å². The highest BCUT2D eigenvalue weighted by atomic mass is 32.2. The number of rotatable bonds is 8. The summed E-state index contributed by atoms with van der Waals surface area (Å²) in [7, 11) is 1.86. The van der Waals surface area contributed by atoms with Crippen molar-refractivity contribution in [1.29, 1.82) is 0 Å². The molecule has 0 aliphatic carbocycles. The van der Waals surface area contributed by atoms with E-state index in [0.29, 0.717) is 17.5 Å². The number of ether oxygens (including phenoxy) is 1. The molecule has 31 heavy (non-hydrogen) atoms. The summed E-state index contributed by atoms with van der Waals surface area (Å²) in [5, 5.41) is 12.9. The van der Waals surface area contributed by atoms with Crippen LogP contribution < -0.4 is 10.3 Å². The highest BCUT2D eigenvalue weighted by molar-refractivity contribution is 7.99. The Morgan fingerprint density at radius 2 is 1.74 bits per heavy atom. The SMILES string of the molecule is Cc1c(-n2nnnc2SC(C)CCOc2ccccc2)c(=O)n(-c2ccccc2)n1C. The molecule has 1 unspecified atom stereocenters. The van der Waals surface area contributed by atoms with Gasteiger partial charge >= 0.3 is 0 Å². The standard InChI is InChI=1S/C22H24N6O2S/c1-16(14-15-30-19-12-8-5-9-13-19)31-22-23-24-25-27(22)20-17(2)26(3)28(21(20)29)18-10-6-4-7-11-18/h4-13,16H,14-15H2,1-3H3. The van der Waals surface area contributed by atoms with Crippen LogP contribution in [0.3, 0.4) is 0 Å². The van der Waals surface area contributed by atoms with Crippen LogP contribution in [-0.4, -0.2) is 41.4 Å². The monoisotopic (exact) mass is 436 g/mol. The van der Waals surface area contributed by atoms with E-state index in [9.17, 15) is 4.79 Å². The smallest absolute Gasteiger partial charge is 0.297 e. The van der Waals surface area contributed by atoms with Crippen LogP contribution in [0.15, 0.2) is 70.6 Å². The van der Waals surface area contributed by atoms with Crippen molar-refractivity contribution in [3.8, 4) is 17.1 Å².